The quantitative estimate of drug-likeness (QED) is 0.840. The second-order valence-electron chi connectivity index (χ2n) is 6.64. The van der Waals surface area contributed by atoms with Crippen molar-refractivity contribution in [3.63, 3.8) is 0 Å². The van der Waals surface area contributed by atoms with Gasteiger partial charge in [-0.2, -0.15) is 4.98 Å². The monoisotopic (exact) mass is 374 g/mol. The van der Waals surface area contributed by atoms with E-state index in [2.05, 4.69) is 30.1 Å². The van der Waals surface area contributed by atoms with Gasteiger partial charge in [-0.25, -0.2) is 18.4 Å². The zero-order valence-electron chi connectivity index (χ0n) is 14.5. The van der Waals surface area contributed by atoms with Crippen LogP contribution in [0, 0.1) is 0 Å². The molecule has 2 aromatic rings. The Bertz CT molecular complexity index is 853. The topological polar surface area (TPSA) is 91.3 Å². The van der Waals surface area contributed by atoms with Crippen LogP contribution in [0.25, 0.3) is 0 Å². The predicted octanol–water partition coefficient (Wildman–Crippen LogP) is 0.797. The molecule has 2 aliphatic rings. The van der Waals surface area contributed by atoms with Crippen molar-refractivity contribution < 1.29 is 8.42 Å². The van der Waals surface area contributed by atoms with E-state index in [4.69, 9.17) is 0 Å². The molecular formula is C17H22N6O2S. The van der Waals surface area contributed by atoms with Crippen LogP contribution in [-0.4, -0.2) is 67.1 Å². The van der Waals surface area contributed by atoms with Gasteiger partial charge in [0.1, 0.15) is 11.6 Å². The normalized spacial score (nSPS) is 22.4. The first kappa shape index (κ1) is 17.0. The fraction of sp³-hybridized carbons (Fsp3) is 0.471. The van der Waals surface area contributed by atoms with Crippen LogP contribution in [0.5, 0.6) is 0 Å². The molecule has 0 aliphatic carbocycles. The van der Waals surface area contributed by atoms with Crippen LogP contribution >= 0.6 is 0 Å². The lowest BCUT2D eigenvalue weighted by atomic mass is 10.3. The Kier molecular flexibility index (Phi) is 4.62. The Morgan fingerprint density at radius 3 is 2.38 bits per heavy atom. The number of sulfone groups is 1. The number of anilines is 3. The SMILES string of the molecule is O=S1(=O)CCC(Nc2nccc(N3CCN(c4ccccn4)CC3)n2)C1. The van der Waals surface area contributed by atoms with Gasteiger partial charge in [-0.05, 0) is 24.6 Å². The Morgan fingerprint density at radius 2 is 1.73 bits per heavy atom. The Labute approximate surface area is 153 Å². The van der Waals surface area contributed by atoms with E-state index in [1.165, 1.54) is 0 Å². The van der Waals surface area contributed by atoms with Gasteiger partial charge in [0, 0.05) is 44.6 Å². The minimum Gasteiger partial charge on any atom is -0.353 e. The average Bonchev–Trinajstić information content (AvgIpc) is 3.01. The lowest BCUT2D eigenvalue weighted by Gasteiger charge is -2.36. The first-order chi connectivity index (χ1) is 12.6. The van der Waals surface area contributed by atoms with Gasteiger partial charge in [-0.1, -0.05) is 6.07 Å². The molecule has 0 saturated carbocycles. The summed E-state index contributed by atoms with van der Waals surface area (Å²) in [4.78, 5) is 17.7. The van der Waals surface area contributed by atoms with Crippen molar-refractivity contribution in [3.8, 4) is 0 Å². The molecular weight excluding hydrogens is 352 g/mol. The van der Waals surface area contributed by atoms with Crippen molar-refractivity contribution in [2.24, 2.45) is 0 Å². The predicted molar refractivity (Wildman–Crippen MR) is 101 cm³/mol. The van der Waals surface area contributed by atoms with Crippen LogP contribution in [0.3, 0.4) is 0 Å². The molecule has 2 fully saturated rings. The summed E-state index contributed by atoms with van der Waals surface area (Å²) < 4.78 is 23.2. The zero-order chi connectivity index (χ0) is 18.0. The summed E-state index contributed by atoms with van der Waals surface area (Å²) in [6.45, 7) is 3.46. The third-order valence-electron chi connectivity index (χ3n) is 4.78. The van der Waals surface area contributed by atoms with E-state index in [1.807, 2.05) is 30.5 Å². The average molecular weight is 374 g/mol. The van der Waals surface area contributed by atoms with E-state index in [0.717, 1.165) is 37.8 Å². The van der Waals surface area contributed by atoms with Gasteiger partial charge in [-0.3, -0.25) is 0 Å². The highest BCUT2D eigenvalue weighted by Gasteiger charge is 2.28. The number of nitrogens with zero attached hydrogens (tertiary/aromatic N) is 5. The van der Waals surface area contributed by atoms with Crippen molar-refractivity contribution >= 4 is 27.4 Å². The number of pyridine rings is 1. The standard InChI is InChI=1S/C17H22N6O2S/c24-26(25)12-5-14(13-26)20-17-19-7-4-16(21-17)23-10-8-22(9-11-23)15-3-1-2-6-18-15/h1-4,6-7,14H,5,8-13H2,(H,19,20,21). The summed E-state index contributed by atoms with van der Waals surface area (Å²) in [5.74, 6) is 2.75. The number of piperazine rings is 1. The third kappa shape index (κ3) is 3.87. The largest absolute Gasteiger partial charge is 0.353 e. The minimum atomic E-state index is -2.92. The van der Waals surface area contributed by atoms with Crippen molar-refractivity contribution in [1.29, 1.82) is 0 Å². The number of rotatable bonds is 4. The number of hydrogen-bond donors (Lipinski definition) is 1. The molecule has 8 nitrogen and oxygen atoms in total. The van der Waals surface area contributed by atoms with E-state index in [9.17, 15) is 8.42 Å². The molecule has 4 rings (SSSR count). The molecule has 0 aromatic carbocycles. The molecule has 1 N–H and O–H groups in total. The van der Waals surface area contributed by atoms with Gasteiger partial charge in [0.15, 0.2) is 9.84 Å². The summed E-state index contributed by atoms with van der Waals surface area (Å²) in [6, 6.07) is 7.74. The Hall–Kier alpha value is -2.42. The second kappa shape index (κ2) is 7.06. The lowest BCUT2D eigenvalue weighted by Crippen LogP contribution is -2.47. The molecule has 2 aliphatic heterocycles. The summed E-state index contributed by atoms with van der Waals surface area (Å²) in [5, 5.41) is 3.16. The van der Waals surface area contributed by atoms with Crippen LogP contribution in [-0.2, 0) is 9.84 Å². The highest BCUT2D eigenvalue weighted by atomic mass is 32.2. The molecule has 0 bridgehead atoms. The molecule has 26 heavy (non-hydrogen) atoms. The maximum absolute atomic E-state index is 11.6. The fourth-order valence-corrected chi connectivity index (χ4v) is 5.07. The molecule has 1 atom stereocenters. The molecule has 9 heteroatoms. The van der Waals surface area contributed by atoms with E-state index < -0.39 is 9.84 Å². The fourth-order valence-electron chi connectivity index (χ4n) is 3.39. The van der Waals surface area contributed by atoms with Crippen LogP contribution in [0.1, 0.15) is 6.42 Å². The van der Waals surface area contributed by atoms with Crippen molar-refractivity contribution in [2.45, 2.75) is 12.5 Å². The first-order valence-electron chi connectivity index (χ1n) is 8.80. The van der Waals surface area contributed by atoms with E-state index >= 15 is 0 Å². The number of hydrogen-bond acceptors (Lipinski definition) is 8. The maximum Gasteiger partial charge on any atom is 0.224 e. The van der Waals surface area contributed by atoms with Crippen LogP contribution in [0.4, 0.5) is 17.6 Å². The summed E-state index contributed by atoms with van der Waals surface area (Å²) in [7, 11) is -2.92. The van der Waals surface area contributed by atoms with Crippen molar-refractivity contribution in [3.05, 3.63) is 36.7 Å². The third-order valence-corrected chi connectivity index (χ3v) is 6.55. The van der Waals surface area contributed by atoms with E-state index in [-0.39, 0.29) is 17.5 Å². The highest BCUT2D eigenvalue weighted by Crippen LogP contribution is 2.20. The first-order valence-corrected chi connectivity index (χ1v) is 10.6. The number of aromatic nitrogens is 3. The smallest absolute Gasteiger partial charge is 0.224 e. The molecule has 4 heterocycles. The van der Waals surface area contributed by atoms with Gasteiger partial charge in [-0.15, -0.1) is 0 Å². The molecule has 138 valence electrons. The van der Waals surface area contributed by atoms with Gasteiger partial charge in [0.05, 0.1) is 11.5 Å². The van der Waals surface area contributed by atoms with Crippen LogP contribution in [0.15, 0.2) is 36.7 Å². The summed E-state index contributed by atoms with van der Waals surface area (Å²) in [6.07, 6.45) is 4.14. The molecule has 2 aromatic heterocycles. The molecule has 0 amide bonds. The highest BCUT2D eigenvalue weighted by molar-refractivity contribution is 7.91. The molecule has 1 unspecified atom stereocenters. The van der Waals surface area contributed by atoms with Gasteiger partial charge >= 0.3 is 0 Å². The summed E-state index contributed by atoms with van der Waals surface area (Å²) in [5.41, 5.74) is 0. The van der Waals surface area contributed by atoms with Gasteiger partial charge in [0.2, 0.25) is 5.95 Å². The Balaban J connectivity index is 1.38. The van der Waals surface area contributed by atoms with E-state index in [1.54, 1.807) is 6.20 Å². The Morgan fingerprint density at radius 1 is 0.962 bits per heavy atom. The second-order valence-corrected chi connectivity index (χ2v) is 8.87. The minimum absolute atomic E-state index is 0.101. The zero-order valence-corrected chi connectivity index (χ0v) is 15.3. The lowest BCUT2D eigenvalue weighted by molar-refractivity contribution is 0.602. The van der Waals surface area contributed by atoms with E-state index in [0.29, 0.717) is 12.4 Å². The van der Waals surface area contributed by atoms with Crippen molar-refractivity contribution in [2.75, 3.05) is 52.8 Å². The molecule has 0 radical (unpaired) electrons. The molecule has 2 saturated heterocycles. The van der Waals surface area contributed by atoms with Gasteiger partial charge < -0.3 is 15.1 Å². The molecule has 0 spiro atoms. The number of nitrogens with one attached hydrogen (secondary N) is 1. The maximum atomic E-state index is 11.6. The summed E-state index contributed by atoms with van der Waals surface area (Å²) >= 11 is 0. The van der Waals surface area contributed by atoms with Gasteiger partial charge in [0.25, 0.3) is 0 Å². The van der Waals surface area contributed by atoms with Crippen LogP contribution in [0.2, 0.25) is 0 Å². The van der Waals surface area contributed by atoms with Crippen molar-refractivity contribution in [1.82, 2.24) is 15.0 Å². The van der Waals surface area contributed by atoms with Crippen LogP contribution < -0.4 is 15.1 Å².